The molecule has 1 saturated heterocycles. The molecular formula is C22H20Cl2N4O3. The van der Waals surface area contributed by atoms with E-state index in [0.29, 0.717) is 51.7 Å². The van der Waals surface area contributed by atoms with Crippen molar-refractivity contribution >= 4 is 51.5 Å². The first-order chi connectivity index (χ1) is 15.0. The zero-order chi connectivity index (χ0) is 22.0. The lowest BCUT2D eigenvalue weighted by Crippen LogP contribution is -2.29. The van der Waals surface area contributed by atoms with E-state index in [1.165, 1.54) is 12.4 Å². The largest absolute Gasteiger partial charge is 0.493 e. The van der Waals surface area contributed by atoms with Crippen LogP contribution in [0.1, 0.15) is 6.42 Å². The number of rotatable bonds is 6. The molecule has 1 atom stereocenters. The van der Waals surface area contributed by atoms with Gasteiger partial charge in [-0.2, -0.15) is 0 Å². The van der Waals surface area contributed by atoms with E-state index in [0.717, 1.165) is 11.8 Å². The molecule has 0 aliphatic carbocycles. The second kappa shape index (κ2) is 8.99. The summed E-state index contributed by atoms with van der Waals surface area (Å²) >= 11 is 12.3. The van der Waals surface area contributed by atoms with Gasteiger partial charge in [0.05, 0.1) is 29.9 Å². The van der Waals surface area contributed by atoms with Gasteiger partial charge in [0.1, 0.15) is 18.2 Å². The standard InChI is InChI=1S/C22H20Cl2N4O3/c1-3-21(29)28-7-6-14(11-28)31-20-9-15-18(10-19(20)30-2)25-12-26-22(15)27-17-5-4-13(23)8-16(17)24/h3-5,8-10,12,14H,1,6-7,11H2,2H3,(H,25,26,27). The molecule has 1 fully saturated rings. The van der Waals surface area contributed by atoms with Crippen molar-refractivity contribution in [2.45, 2.75) is 12.5 Å². The van der Waals surface area contributed by atoms with E-state index in [9.17, 15) is 4.79 Å². The van der Waals surface area contributed by atoms with E-state index in [-0.39, 0.29) is 12.0 Å². The number of hydrogen-bond donors (Lipinski definition) is 1. The summed E-state index contributed by atoms with van der Waals surface area (Å²) in [5, 5.41) is 4.99. The molecule has 160 valence electrons. The minimum absolute atomic E-state index is 0.101. The fraction of sp³-hybridized carbons (Fsp3) is 0.227. The fourth-order valence-electron chi connectivity index (χ4n) is 3.47. The lowest BCUT2D eigenvalue weighted by atomic mass is 10.2. The monoisotopic (exact) mass is 458 g/mol. The molecule has 1 aromatic heterocycles. The molecule has 1 aliphatic heterocycles. The molecule has 7 nitrogen and oxygen atoms in total. The van der Waals surface area contributed by atoms with Crippen LogP contribution < -0.4 is 14.8 Å². The Labute approximate surface area is 189 Å². The average Bonchev–Trinajstić information content (AvgIpc) is 3.23. The zero-order valence-corrected chi connectivity index (χ0v) is 18.3. The van der Waals surface area contributed by atoms with Gasteiger partial charge in [-0.1, -0.05) is 29.8 Å². The zero-order valence-electron chi connectivity index (χ0n) is 16.8. The Morgan fingerprint density at radius 2 is 2.10 bits per heavy atom. The van der Waals surface area contributed by atoms with Crippen LogP contribution in [0.2, 0.25) is 10.0 Å². The highest BCUT2D eigenvalue weighted by atomic mass is 35.5. The maximum atomic E-state index is 11.9. The molecule has 1 amide bonds. The number of nitrogens with one attached hydrogen (secondary N) is 1. The minimum atomic E-state index is -0.151. The lowest BCUT2D eigenvalue weighted by Gasteiger charge is -2.18. The Kier molecular flexibility index (Phi) is 6.15. The number of ether oxygens (including phenoxy) is 2. The third-order valence-corrected chi connectivity index (χ3v) is 5.58. The van der Waals surface area contributed by atoms with Gasteiger partial charge >= 0.3 is 0 Å². The maximum absolute atomic E-state index is 11.9. The summed E-state index contributed by atoms with van der Waals surface area (Å²) in [4.78, 5) is 22.3. The second-order valence-electron chi connectivity index (χ2n) is 7.01. The number of nitrogens with zero attached hydrogens (tertiary/aromatic N) is 3. The van der Waals surface area contributed by atoms with E-state index in [1.807, 2.05) is 6.07 Å². The predicted octanol–water partition coefficient (Wildman–Crippen LogP) is 4.85. The fourth-order valence-corrected chi connectivity index (χ4v) is 3.92. The number of amides is 1. The Morgan fingerprint density at radius 3 is 2.84 bits per heavy atom. The third kappa shape index (κ3) is 4.52. The highest BCUT2D eigenvalue weighted by Crippen LogP contribution is 2.37. The number of aromatic nitrogens is 2. The third-order valence-electron chi connectivity index (χ3n) is 5.03. The van der Waals surface area contributed by atoms with Gasteiger partial charge in [0.15, 0.2) is 11.5 Å². The molecule has 0 radical (unpaired) electrons. The molecule has 4 rings (SSSR count). The molecule has 1 unspecified atom stereocenters. The van der Waals surface area contributed by atoms with E-state index < -0.39 is 0 Å². The Balaban J connectivity index is 1.66. The van der Waals surface area contributed by atoms with Gasteiger partial charge in [0.25, 0.3) is 0 Å². The molecule has 31 heavy (non-hydrogen) atoms. The van der Waals surface area contributed by atoms with Gasteiger partial charge in [-0.05, 0) is 30.3 Å². The summed E-state index contributed by atoms with van der Waals surface area (Å²) in [5.74, 6) is 1.57. The number of methoxy groups -OCH3 is 1. The van der Waals surface area contributed by atoms with Crippen molar-refractivity contribution in [2.24, 2.45) is 0 Å². The highest BCUT2D eigenvalue weighted by molar-refractivity contribution is 6.36. The average molecular weight is 459 g/mol. The molecule has 0 spiro atoms. The van der Waals surface area contributed by atoms with Crippen LogP contribution in [0.4, 0.5) is 11.5 Å². The van der Waals surface area contributed by atoms with Crippen molar-refractivity contribution in [2.75, 3.05) is 25.5 Å². The van der Waals surface area contributed by atoms with Gasteiger partial charge in [-0.15, -0.1) is 0 Å². The molecule has 0 saturated carbocycles. The van der Waals surface area contributed by atoms with Crippen LogP contribution in [0.15, 0.2) is 49.3 Å². The van der Waals surface area contributed by atoms with Crippen molar-refractivity contribution in [1.29, 1.82) is 0 Å². The molecule has 3 aromatic rings. The van der Waals surface area contributed by atoms with E-state index in [2.05, 4.69) is 21.9 Å². The quantitative estimate of drug-likeness (QED) is 0.531. The van der Waals surface area contributed by atoms with E-state index in [1.54, 1.807) is 36.3 Å². The number of fused-ring (bicyclic) bond motifs is 1. The van der Waals surface area contributed by atoms with Crippen LogP contribution in [0.5, 0.6) is 11.5 Å². The van der Waals surface area contributed by atoms with E-state index >= 15 is 0 Å². The number of carbonyl (C=O) groups is 1. The molecule has 0 bridgehead atoms. The summed E-state index contributed by atoms with van der Waals surface area (Å²) in [6, 6.07) is 8.81. The summed E-state index contributed by atoms with van der Waals surface area (Å²) in [6.45, 7) is 4.65. The summed E-state index contributed by atoms with van der Waals surface area (Å²) < 4.78 is 11.7. The van der Waals surface area contributed by atoms with Crippen molar-refractivity contribution < 1.29 is 14.3 Å². The Bertz CT molecular complexity index is 1160. The van der Waals surface area contributed by atoms with Crippen molar-refractivity contribution in [1.82, 2.24) is 14.9 Å². The number of benzene rings is 2. The van der Waals surface area contributed by atoms with Crippen LogP contribution in [0.25, 0.3) is 10.9 Å². The van der Waals surface area contributed by atoms with E-state index in [4.69, 9.17) is 32.7 Å². The number of hydrogen-bond acceptors (Lipinski definition) is 6. The topological polar surface area (TPSA) is 76.6 Å². The van der Waals surface area contributed by atoms with Crippen LogP contribution in [0, 0.1) is 0 Å². The first-order valence-electron chi connectivity index (χ1n) is 9.61. The van der Waals surface area contributed by atoms with Gasteiger partial charge in [-0.3, -0.25) is 4.79 Å². The first kappa shape index (κ1) is 21.2. The number of halogens is 2. The number of likely N-dealkylation sites (tertiary alicyclic amines) is 1. The highest BCUT2D eigenvalue weighted by Gasteiger charge is 2.27. The van der Waals surface area contributed by atoms with Gasteiger partial charge in [0.2, 0.25) is 5.91 Å². The molecule has 2 heterocycles. The molecule has 9 heteroatoms. The van der Waals surface area contributed by atoms with Crippen LogP contribution >= 0.6 is 23.2 Å². The van der Waals surface area contributed by atoms with Gasteiger partial charge < -0.3 is 19.7 Å². The SMILES string of the molecule is C=CC(=O)N1CCC(Oc2cc3c(Nc4ccc(Cl)cc4Cl)ncnc3cc2OC)C1. The first-order valence-corrected chi connectivity index (χ1v) is 10.4. The normalized spacial score (nSPS) is 15.7. The lowest BCUT2D eigenvalue weighted by molar-refractivity contribution is -0.125. The summed E-state index contributed by atoms with van der Waals surface area (Å²) in [5.41, 5.74) is 1.35. The predicted molar refractivity (Wildman–Crippen MR) is 122 cm³/mol. The molecular weight excluding hydrogens is 439 g/mol. The van der Waals surface area contributed by atoms with Crippen LogP contribution in [-0.4, -0.2) is 47.1 Å². The summed E-state index contributed by atoms with van der Waals surface area (Å²) in [7, 11) is 1.57. The summed E-state index contributed by atoms with van der Waals surface area (Å²) in [6.07, 6.45) is 3.35. The second-order valence-corrected chi connectivity index (χ2v) is 7.85. The minimum Gasteiger partial charge on any atom is -0.493 e. The molecule has 2 aromatic carbocycles. The van der Waals surface area contributed by atoms with Crippen molar-refractivity contribution in [3.8, 4) is 11.5 Å². The van der Waals surface area contributed by atoms with Crippen LogP contribution in [0.3, 0.4) is 0 Å². The van der Waals surface area contributed by atoms with Gasteiger partial charge in [0, 0.05) is 29.4 Å². The number of carbonyl (C=O) groups excluding carboxylic acids is 1. The van der Waals surface area contributed by atoms with Crippen molar-refractivity contribution in [3.63, 3.8) is 0 Å². The Hall–Kier alpha value is -3.03. The van der Waals surface area contributed by atoms with Crippen molar-refractivity contribution in [3.05, 3.63) is 59.4 Å². The molecule has 1 aliphatic rings. The number of anilines is 2. The van der Waals surface area contributed by atoms with Gasteiger partial charge in [-0.25, -0.2) is 9.97 Å². The smallest absolute Gasteiger partial charge is 0.246 e. The maximum Gasteiger partial charge on any atom is 0.246 e. The molecule has 1 N–H and O–H groups in total. The van der Waals surface area contributed by atoms with Crippen LogP contribution in [-0.2, 0) is 4.79 Å². The Morgan fingerprint density at radius 1 is 1.26 bits per heavy atom.